The van der Waals surface area contributed by atoms with E-state index in [-0.39, 0.29) is 12.0 Å². The summed E-state index contributed by atoms with van der Waals surface area (Å²) in [6.45, 7) is 6.63. The minimum Gasteiger partial charge on any atom is -0.309 e. The number of hydrogen-bond donors (Lipinski definition) is 1. The van der Waals surface area contributed by atoms with Crippen molar-refractivity contribution in [1.82, 2.24) is 10.2 Å². The molecule has 0 bridgehead atoms. The van der Waals surface area contributed by atoms with Crippen molar-refractivity contribution >= 4 is 0 Å². The van der Waals surface area contributed by atoms with Gasteiger partial charge in [-0.05, 0) is 45.6 Å². The zero-order chi connectivity index (χ0) is 15.5. The Hall–Kier alpha value is -0.290. The molecule has 2 rings (SSSR count). The molecule has 1 unspecified atom stereocenters. The van der Waals surface area contributed by atoms with E-state index in [9.17, 15) is 13.2 Å². The second-order valence-corrected chi connectivity index (χ2v) is 7.42. The molecule has 2 nitrogen and oxygen atoms in total. The molecule has 1 saturated heterocycles. The van der Waals surface area contributed by atoms with Gasteiger partial charge in [-0.25, -0.2) is 0 Å². The predicted molar refractivity (Wildman–Crippen MR) is 79.3 cm³/mol. The highest BCUT2D eigenvalue weighted by atomic mass is 19.4. The number of nitrogens with one attached hydrogen (secondary N) is 1. The molecular weight excluding hydrogens is 277 g/mol. The Morgan fingerprint density at radius 1 is 1.14 bits per heavy atom. The quantitative estimate of drug-likeness (QED) is 0.845. The number of hydrogen-bond acceptors (Lipinski definition) is 2. The summed E-state index contributed by atoms with van der Waals surface area (Å²) in [5, 5.41) is 3.58. The third kappa shape index (κ3) is 5.44. The van der Waals surface area contributed by atoms with Crippen LogP contribution in [0.15, 0.2) is 0 Å². The van der Waals surface area contributed by atoms with Gasteiger partial charge in [0.2, 0.25) is 0 Å². The first-order valence-electron chi connectivity index (χ1n) is 8.33. The first-order valence-corrected chi connectivity index (χ1v) is 8.33. The Labute approximate surface area is 126 Å². The fourth-order valence-corrected chi connectivity index (χ4v) is 3.90. The monoisotopic (exact) mass is 306 g/mol. The Morgan fingerprint density at radius 2 is 1.81 bits per heavy atom. The van der Waals surface area contributed by atoms with E-state index in [1.807, 2.05) is 0 Å². The van der Waals surface area contributed by atoms with Crippen LogP contribution in [0.2, 0.25) is 0 Å². The van der Waals surface area contributed by atoms with Gasteiger partial charge in [-0.3, -0.25) is 4.90 Å². The van der Waals surface area contributed by atoms with Crippen molar-refractivity contribution < 1.29 is 13.2 Å². The summed E-state index contributed by atoms with van der Waals surface area (Å²) < 4.78 is 37.1. The maximum Gasteiger partial charge on any atom is 0.389 e. The van der Waals surface area contributed by atoms with Crippen LogP contribution in [0.3, 0.4) is 0 Å². The highest BCUT2D eigenvalue weighted by Crippen LogP contribution is 2.32. The van der Waals surface area contributed by atoms with Crippen LogP contribution < -0.4 is 5.32 Å². The Morgan fingerprint density at radius 3 is 2.43 bits per heavy atom. The summed E-state index contributed by atoms with van der Waals surface area (Å²) in [5.74, 6) is 0.660. The Bertz CT molecular complexity index is 322. The standard InChI is InChI=1S/C16H29F3N2/c1-15(2)12-21(10-6-9-16(17,18)19)14(11-20-15)13-7-4-3-5-8-13/h13-14,20H,3-12H2,1-2H3. The minimum atomic E-state index is -4.02. The van der Waals surface area contributed by atoms with Crippen LogP contribution in [0, 0.1) is 5.92 Å². The summed E-state index contributed by atoms with van der Waals surface area (Å²) in [6, 6.07) is 0.423. The van der Waals surface area contributed by atoms with Crippen molar-refractivity contribution in [3.8, 4) is 0 Å². The van der Waals surface area contributed by atoms with Crippen molar-refractivity contribution in [2.24, 2.45) is 5.92 Å². The molecule has 2 aliphatic rings. The third-order valence-electron chi connectivity index (χ3n) is 4.96. The van der Waals surface area contributed by atoms with Gasteiger partial charge in [-0.15, -0.1) is 0 Å². The lowest BCUT2D eigenvalue weighted by molar-refractivity contribution is -0.137. The molecule has 1 aliphatic carbocycles. The van der Waals surface area contributed by atoms with Gasteiger partial charge in [0.15, 0.2) is 0 Å². The van der Waals surface area contributed by atoms with Gasteiger partial charge in [0.05, 0.1) is 0 Å². The largest absolute Gasteiger partial charge is 0.389 e. The van der Waals surface area contributed by atoms with Gasteiger partial charge in [-0.1, -0.05) is 19.3 Å². The molecule has 0 aromatic carbocycles. The number of piperazine rings is 1. The average Bonchev–Trinajstić information content (AvgIpc) is 2.37. The molecule has 1 saturated carbocycles. The van der Waals surface area contributed by atoms with E-state index in [2.05, 4.69) is 24.1 Å². The molecule has 0 aromatic heterocycles. The van der Waals surface area contributed by atoms with E-state index in [0.29, 0.717) is 18.5 Å². The molecule has 0 aromatic rings. The topological polar surface area (TPSA) is 15.3 Å². The molecular formula is C16H29F3N2. The first kappa shape index (κ1) is 17.1. The van der Waals surface area contributed by atoms with Crippen molar-refractivity contribution in [3.05, 3.63) is 0 Å². The number of halogens is 3. The molecule has 124 valence electrons. The molecule has 1 aliphatic heterocycles. The fourth-order valence-electron chi connectivity index (χ4n) is 3.90. The van der Waals surface area contributed by atoms with E-state index in [0.717, 1.165) is 13.1 Å². The second kappa shape index (κ2) is 6.86. The maximum atomic E-state index is 12.4. The zero-order valence-electron chi connectivity index (χ0n) is 13.3. The lowest BCUT2D eigenvalue weighted by atomic mass is 9.81. The van der Waals surface area contributed by atoms with Gasteiger partial charge < -0.3 is 5.32 Å². The lowest BCUT2D eigenvalue weighted by Gasteiger charge is -2.48. The average molecular weight is 306 g/mol. The summed E-state index contributed by atoms with van der Waals surface area (Å²) in [5.41, 5.74) is 0.00337. The normalized spacial score (nSPS) is 28.7. The zero-order valence-corrected chi connectivity index (χ0v) is 13.3. The van der Waals surface area contributed by atoms with Gasteiger partial charge in [0.1, 0.15) is 0 Å². The molecule has 2 fully saturated rings. The van der Waals surface area contributed by atoms with Crippen molar-refractivity contribution in [2.45, 2.75) is 76.6 Å². The van der Waals surface area contributed by atoms with Gasteiger partial charge in [-0.2, -0.15) is 13.2 Å². The van der Waals surface area contributed by atoms with E-state index in [4.69, 9.17) is 0 Å². The van der Waals surface area contributed by atoms with E-state index in [1.54, 1.807) is 0 Å². The Kier molecular flexibility index (Phi) is 5.58. The molecule has 21 heavy (non-hydrogen) atoms. The maximum absolute atomic E-state index is 12.4. The molecule has 0 spiro atoms. The van der Waals surface area contributed by atoms with Crippen LogP contribution in [0.25, 0.3) is 0 Å². The minimum absolute atomic E-state index is 0.00337. The van der Waals surface area contributed by atoms with Crippen molar-refractivity contribution in [1.29, 1.82) is 0 Å². The summed E-state index contributed by atoms with van der Waals surface area (Å²) >= 11 is 0. The summed E-state index contributed by atoms with van der Waals surface area (Å²) in [6.07, 6.45) is 1.89. The van der Waals surface area contributed by atoms with Gasteiger partial charge >= 0.3 is 6.18 Å². The van der Waals surface area contributed by atoms with Crippen LogP contribution in [0.1, 0.15) is 58.8 Å². The van der Waals surface area contributed by atoms with Crippen molar-refractivity contribution in [2.75, 3.05) is 19.6 Å². The SMILES string of the molecule is CC1(C)CN(CCCC(F)(F)F)C(C2CCCCC2)CN1. The molecule has 1 N–H and O–H groups in total. The lowest BCUT2D eigenvalue weighted by Crippen LogP contribution is -2.63. The molecule has 0 amide bonds. The van der Waals surface area contributed by atoms with Gasteiger partial charge in [0.25, 0.3) is 0 Å². The summed E-state index contributed by atoms with van der Waals surface area (Å²) in [7, 11) is 0. The smallest absolute Gasteiger partial charge is 0.309 e. The van der Waals surface area contributed by atoms with Crippen LogP contribution >= 0.6 is 0 Å². The molecule has 5 heteroatoms. The molecule has 0 radical (unpaired) electrons. The number of alkyl halides is 3. The fraction of sp³-hybridized carbons (Fsp3) is 1.00. The second-order valence-electron chi connectivity index (χ2n) is 7.42. The predicted octanol–water partition coefficient (Wildman–Crippen LogP) is 3.96. The highest BCUT2D eigenvalue weighted by molar-refractivity contribution is 4.95. The van der Waals surface area contributed by atoms with E-state index in [1.165, 1.54) is 32.1 Å². The first-order chi connectivity index (χ1) is 9.77. The number of nitrogens with zero attached hydrogens (tertiary/aromatic N) is 1. The van der Waals surface area contributed by atoms with Crippen LogP contribution in [-0.4, -0.2) is 42.3 Å². The molecule has 1 heterocycles. The van der Waals surface area contributed by atoms with Gasteiger partial charge in [0, 0.05) is 31.1 Å². The van der Waals surface area contributed by atoms with Crippen LogP contribution in [-0.2, 0) is 0 Å². The highest BCUT2D eigenvalue weighted by Gasteiger charge is 2.37. The summed E-state index contributed by atoms with van der Waals surface area (Å²) in [4.78, 5) is 2.33. The van der Waals surface area contributed by atoms with Crippen LogP contribution in [0.5, 0.6) is 0 Å². The number of rotatable bonds is 4. The van der Waals surface area contributed by atoms with Crippen molar-refractivity contribution in [3.63, 3.8) is 0 Å². The van der Waals surface area contributed by atoms with Crippen LogP contribution in [0.4, 0.5) is 13.2 Å². The van der Waals surface area contributed by atoms with E-state index >= 15 is 0 Å². The Balaban J connectivity index is 1.93. The van der Waals surface area contributed by atoms with E-state index < -0.39 is 12.6 Å². The molecule has 1 atom stereocenters. The third-order valence-corrected chi connectivity index (χ3v) is 4.96.